The van der Waals surface area contributed by atoms with Crippen molar-refractivity contribution in [3.63, 3.8) is 0 Å². The maximum Gasteiger partial charge on any atom is 0.451 e. The fourth-order valence-corrected chi connectivity index (χ4v) is 1.76. The summed E-state index contributed by atoms with van der Waals surface area (Å²) < 4.78 is 43.1. The summed E-state index contributed by atoms with van der Waals surface area (Å²) in [5.74, 6) is -0.624. The Bertz CT molecular complexity index is 600. The Labute approximate surface area is 118 Å². The molecule has 1 heterocycles. The van der Waals surface area contributed by atoms with Crippen LogP contribution < -0.4 is 4.74 Å². The molecule has 0 bridgehead atoms. The third-order valence-electron chi connectivity index (χ3n) is 2.41. The lowest BCUT2D eigenvalue weighted by Gasteiger charge is -2.08. The molecular formula is C13H10ClF3N2O. The summed E-state index contributed by atoms with van der Waals surface area (Å²) in [6, 6.07) is 7.82. The van der Waals surface area contributed by atoms with Gasteiger partial charge in [-0.05, 0) is 31.2 Å². The summed E-state index contributed by atoms with van der Waals surface area (Å²) in [6.07, 6.45) is -4.63. The zero-order chi connectivity index (χ0) is 14.8. The van der Waals surface area contributed by atoms with Crippen LogP contribution in [0.15, 0.2) is 30.3 Å². The van der Waals surface area contributed by atoms with E-state index in [1.54, 1.807) is 24.3 Å². The van der Waals surface area contributed by atoms with Gasteiger partial charge in [0.15, 0.2) is 0 Å². The predicted molar refractivity (Wildman–Crippen MR) is 68.6 cm³/mol. The van der Waals surface area contributed by atoms with E-state index >= 15 is 0 Å². The monoisotopic (exact) mass is 302 g/mol. The fourth-order valence-electron chi connectivity index (χ4n) is 1.58. The molecule has 2 aromatic rings. The Kier molecular flexibility index (Phi) is 4.13. The smallest absolute Gasteiger partial charge is 0.451 e. The maximum absolute atomic E-state index is 12.6. The van der Waals surface area contributed by atoms with Gasteiger partial charge in [0.25, 0.3) is 0 Å². The molecule has 0 fully saturated rings. The van der Waals surface area contributed by atoms with Crippen molar-refractivity contribution < 1.29 is 17.9 Å². The highest BCUT2D eigenvalue weighted by atomic mass is 35.5. The maximum atomic E-state index is 12.6. The number of hydrogen-bond donors (Lipinski definition) is 0. The summed E-state index contributed by atoms with van der Waals surface area (Å²) in [6.45, 7) is 2.35. The van der Waals surface area contributed by atoms with E-state index in [9.17, 15) is 13.2 Å². The molecule has 0 saturated carbocycles. The van der Waals surface area contributed by atoms with Gasteiger partial charge >= 0.3 is 6.18 Å². The van der Waals surface area contributed by atoms with Crippen LogP contribution in [0.4, 0.5) is 13.2 Å². The van der Waals surface area contributed by atoms with Crippen molar-refractivity contribution in [1.82, 2.24) is 9.97 Å². The lowest BCUT2D eigenvalue weighted by molar-refractivity contribution is -0.144. The minimum absolute atomic E-state index is 0.111. The van der Waals surface area contributed by atoms with Gasteiger partial charge in [-0.15, -0.1) is 0 Å². The van der Waals surface area contributed by atoms with Crippen LogP contribution in [0.1, 0.15) is 12.7 Å². The van der Waals surface area contributed by atoms with E-state index in [-0.39, 0.29) is 10.8 Å². The second-order valence-corrected chi connectivity index (χ2v) is 4.24. The molecule has 0 spiro atoms. The topological polar surface area (TPSA) is 35.0 Å². The van der Waals surface area contributed by atoms with E-state index in [4.69, 9.17) is 16.3 Å². The first kappa shape index (κ1) is 14.6. The molecule has 0 saturated heterocycles. The number of benzene rings is 1. The molecule has 3 nitrogen and oxygen atoms in total. The second-order valence-electron chi connectivity index (χ2n) is 3.85. The summed E-state index contributed by atoms with van der Waals surface area (Å²) in [7, 11) is 0. The van der Waals surface area contributed by atoms with Gasteiger partial charge in [0, 0.05) is 11.6 Å². The standard InChI is InChI=1S/C13H10ClF3N2O/c1-2-20-9-5-3-8(4-6-9)10-7-11(14)19-12(18-10)13(15,16)17/h3-7H,2H2,1H3. The molecule has 0 N–H and O–H groups in total. The molecule has 0 atom stereocenters. The summed E-state index contributed by atoms with van der Waals surface area (Å²) in [5.41, 5.74) is 0.614. The van der Waals surface area contributed by atoms with Crippen molar-refractivity contribution in [2.45, 2.75) is 13.1 Å². The molecule has 7 heteroatoms. The summed E-state index contributed by atoms with van der Waals surface area (Å²) in [5, 5.41) is -0.254. The molecule has 2 rings (SSSR count). The van der Waals surface area contributed by atoms with Gasteiger partial charge in [-0.1, -0.05) is 11.6 Å². The normalized spacial score (nSPS) is 11.4. The Balaban J connectivity index is 2.39. The van der Waals surface area contributed by atoms with Crippen molar-refractivity contribution in [3.05, 3.63) is 41.3 Å². The van der Waals surface area contributed by atoms with Crippen molar-refractivity contribution >= 4 is 11.6 Å². The fraction of sp³-hybridized carbons (Fsp3) is 0.231. The average Bonchev–Trinajstić information content (AvgIpc) is 2.38. The molecule has 0 amide bonds. The minimum atomic E-state index is -4.63. The van der Waals surface area contributed by atoms with Gasteiger partial charge in [-0.2, -0.15) is 13.2 Å². The van der Waals surface area contributed by atoms with Crippen LogP contribution in [-0.2, 0) is 6.18 Å². The predicted octanol–water partition coefficient (Wildman–Crippen LogP) is 4.21. The molecular weight excluding hydrogens is 293 g/mol. The molecule has 0 unspecified atom stereocenters. The molecule has 0 aliphatic heterocycles. The first-order chi connectivity index (χ1) is 9.40. The van der Waals surface area contributed by atoms with Crippen LogP contribution in [0.5, 0.6) is 5.75 Å². The van der Waals surface area contributed by atoms with Gasteiger partial charge in [0.1, 0.15) is 10.9 Å². The van der Waals surface area contributed by atoms with Crippen molar-refractivity contribution in [3.8, 4) is 17.0 Å². The first-order valence-corrected chi connectivity index (χ1v) is 6.13. The van der Waals surface area contributed by atoms with Gasteiger partial charge in [0.05, 0.1) is 12.3 Å². The molecule has 20 heavy (non-hydrogen) atoms. The molecule has 1 aromatic heterocycles. The number of aromatic nitrogens is 2. The zero-order valence-electron chi connectivity index (χ0n) is 10.4. The van der Waals surface area contributed by atoms with Crippen LogP contribution >= 0.6 is 11.6 Å². The quantitative estimate of drug-likeness (QED) is 0.796. The third-order valence-corrected chi connectivity index (χ3v) is 2.60. The third kappa shape index (κ3) is 3.39. The van der Waals surface area contributed by atoms with Crippen molar-refractivity contribution in [2.75, 3.05) is 6.61 Å². The van der Waals surface area contributed by atoms with E-state index in [1.165, 1.54) is 6.07 Å². The lowest BCUT2D eigenvalue weighted by Crippen LogP contribution is -2.11. The molecule has 106 valence electrons. The number of halogens is 4. The number of ether oxygens (including phenoxy) is 1. The summed E-state index contributed by atoms with van der Waals surface area (Å²) in [4.78, 5) is 6.67. The van der Waals surface area contributed by atoms with Crippen molar-refractivity contribution in [2.24, 2.45) is 0 Å². The SMILES string of the molecule is CCOc1ccc(-c2cc(Cl)nc(C(F)(F)F)n2)cc1. The highest BCUT2D eigenvalue weighted by Crippen LogP contribution is 2.30. The Morgan fingerprint density at radius 1 is 1.15 bits per heavy atom. The van der Waals surface area contributed by atoms with Crippen LogP contribution in [0, 0.1) is 0 Å². The first-order valence-electron chi connectivity index (χ1n) is 5.75. The van der Waals surface area contributed by atoms with Crippen LogP contribution in [-0.4, -0.2) is 16.6 Å². The molecule has 0 aliphatic rings. The summed E-state index contributed by atoms with van der Waals surface area (Å²) >= 11 is 5.61. The van der Waals surface area contributed by atoms with E-state index in [0.717, 1.165) is 0 Å². The van der Waals surface area contributed by atoms with Crippen molar-refractivity contribution in [1.29, 1.82) is 0 Å². The minimum Gasteiger partial charge on any atom is -0.494 e. The lowest BCUT2D eigenvalue weighted by atomic mass is 10.1. The van der Waals surface area contributed by atoms with E-state index in [1.807, 2.05) is 6.92 Å². The Morgan fingerprint density at radius 2 is 1.80 bits per heavy atom. The van der Waals surface area contributed by atoms with Crippen LogP contribution in [0.25, 0.3) is 11.3 Å². The molecule has 0 radical (unpaired) electrons. The van der Waals surface area contributed by atoms with Gasteiger partial charge < -0.3 is 4.74 Å². The number of rotatable bonds is 3. The number of nitrogens with zero attached hydrogens (tertiary/aromatic N) is 2. The molecule has 0 aliphatic carbocycles. The van der Waals surface area contributed by atoms with E-state index < -0.39 is 12.0 Å². The largest absolute Gasteiger partial charge is 0.494 e. The van der Waals surface area contributed by atoms with Crippen LogP contribution in [0.2, 0.25) is 5.15 Å². The average molecular weight is 303 g/mol. The number of alkyl halides is 3. The van der Waals surface area contributed by atoms with Gasteiger partial charge in [0.2, 0.25) is 5.82 Å². The highest BCUT2D eigenvalue weighted by Gasteiger charge is 2.35. The second kappa shape index (κ2) is 5.66. The van der Waals surface area contributed by atoms with E-state index in [2.05, 4.69) is 9.97 Å². The van der Waals surface area contributed by atoms with E-state index in [0.29, 0.717) is 17.9 Å². The zero-order valence-corrected chi connectivity index (χ0v) is 11.2. The van der Waals surface area contributed by atoms with Crippen LogP contribution in [0.3, 0.4) is 0 Å². The molecule has 1 aromatic carbocycles. The number of hydrogen-bond acceptors (Lipinski definition) is 3. The van der Waals surface area contributed by atoms with Gasteiger partial charge in [-0.3, -0.25) is 0 Å². The Morgan fingerprint density at radius 3 is 2.35 bits per heavy atom. The Hall–Kier alpha value is -1.82. The van der Waals surface area contributed by atoms with Gasteiger partial charge in [-0.25, -0.2) is 9.97 Å². The highest BCUT2D eigenvalue weighted by molar-refractivity contribution is 6.29.